The molecule has 0 spiro atoms. The van der Waals surface area contributed by atoms with Crippen LogP contribution in [0.3, 0.4) is 0 Å². The van der Waals surface area contributed by atoms with E-state index in [1.165, 1.54) is 25.7 Å². The molecule has 3 nitrogen and oxygen atoms in total. The van der Waals surface area contributed by atoms with Gasteiger partial charge in [-0.05, 0) is 44.6 Å². The Balaban J connectivity index is 1.86. The van der Waals surface area contributed by atoms with E-state index >= 15 is 0 Å². The molecule has 0 saturated heterocycles. The van der Waals surface area contributed by atoms with E-state index in [9.17, 15) is 9.90 Å². The normalized spacial score (nSPS) is 24.7. The Hall–Kier alpha value is -0.570. The van der Waals surface area contributed by atoms with Crippen LogP contribution in [0.1, 0.15) is 38.5 Å². The maximum absolute atomic E-state index is 11.2. The number of rotatable bonds is 5. The zero-order valence-electron chi connectivity index (χ0n) is 9.48. The fourth-order valence-electron chi connectivity index (χ4n) is 2.88. The first-order chi connectivity index (χ1) is 7.18. The van der Waals surface area contributed by atoms with Gasteiger partial charge in [0, 0.05) is 6.54 Å². The summed E-state index contributed by atoms with van der Waals surface area (Å²) >= 11 is 0. The molecule has 0 aromatic heterocycles. The van der Waals surface area contributed by atoms with Gasteiger partial charge < -0.3 is 5.11 Å². The third kappa shape index (κ3) is 2.71. The number of carboxylic acid groups (broad SMARTS) is 1. The highest BCUT2D eigenvalue weighted by Crippen LogP contribution is 2.36. The molecule has 2 fully saturated rings. The first-order valence-corrected chi connectivity index (χ1v) is 6.11. The van der Waals surface area contributed by atoms with Gasteiger partial charge >= 0.3 is 5.97 Å². The zero-order chi connectivity index (χ0) is 10.8. The molecule has 0 heterocycles. The highest BCUT2D eigenvalue weighted by atomic mass is 16.4. The van der Waals surface area contributed by atoms with E-state index in [2.05, 4.69) is 4.90 Å². The van der Waals surface area contributed by atoms with Crippen molar-refractivity contribution in [1.82, 2.24) is 4.90 Å². The largest absolute Gasteiger partial charge is 0.480 e. The molecule has 0 aromatic carbocycles. The maximum Gasteiger partial charge on any atom is 0.321 e. The molecule has 3 heteroatoms. The average molecular weight is 211 g/mol. The summed E-state index contributed by atoms with van der Waals surface area (Å²) < 4.78 is 0. The van der Waals surface area contributed by atoms with Crippen LogP contribution in [0.15, 0.2) is 0 Å². The van der Waals surface area contributed by atoms with Gasteiger partial charge in [0.25, 0.3) is 0 Å². The summed E-state index contributed by atoms with van der Waals surface area (Å²) in [6.45, 7) is 0.980. The van der Waals surface area contributed by atoms with Gasteiger partial charge in [0.05, 0.1) is 0 Å². The van der Waals surface area contributed by atoms with Gasteiger partial charge in [-0.2, -0.15) is 0 Å². The minimum absolute atomic E-state index is 0.217. The standard InChI is InChI=1S/C12H21NO2/c1-13(8-9-4-2-3-5-9)11(12(14)15)10-6-7-10/h9-11H,2-8H2,1H3,(H,14,15). The van der Waals surface area contributed by atoms with Crippen molar-refractivity contribution >= 4 is 5.97 Å². The molecule has 0 aliphatic heterocycles. The van der Waals surface area contributed by atoms with Crippen molar-refractivity contribution < 1.29 is 9.90 Å². The number of hydrogen-bond donors (Lipinski definition) is 1. The lowest BCUT2D eigenvalue weighted by molar-refractivity contribution is -0.143. The van der Waals surface area contributed by atoms with Crippen molar-refractivity contribution in [3.63, 3.8) is 0 Å². The summed E-state index contributed by atoms with van der Waals surface area (Å²) in [6.07, 6.45) is 7.46. The molecule has 0 bridgehead atoms. The van der Waals surface area contributed by atoms with Gasteiger partial charge in [-0.25, -0.2) is 0 Å². The Morgan fingerprint density at radius 3 is 2.40 bits per heavy atom. The third-order valence-corrected chi connectivity index (χ3v) is 3.82. The molecule has 1 unspecified atom stereocenters. The van der Waals surface area contributed by atoms with Crippen LogP contribution < -0.4 is 0 Å². The smallest absolute Gasteiger partial charge is 0.321 e. The Kier molecular flexibility index (Phi) is 3.29. The topological polar surface area (TPSA) is 40.5 Å². The van der Waals surface area contributed by atoms with E-state index in [4.69, 9.17) is 0 Å². The van der Waals surface area contributed by atoms with Crippen LogP contribution in [-0.4, -0.2) is 35.6 Å². The molecule has 86 valence electrons. The zero-order valence-corrected chi connectivity index (χ0v) is 9.48. The molecule has 1 atom stereocenters. The molecule has 15 heavy (non-hydrogen) atoms. The summed E-state index contributed by atoms with van der Waals surface area (Å²) in [5.41, 5.74) is 0. The molecular formula is C12H21NO2. The van der Waals surface area contributed by atoms with Gasteiger partial charge in [-0.15, -0.1) is 0 Å². The van der Waals surface area contributed by atoms with Crippen molar-refractivity contribution in [3.05, 3.63) is 0 Å². The highest BCUT2D eigenvalue weighted by Gasteiger charge is 2.39. The third-order valence-electron chi connectivity index (χ3n) is 3.82. The minimum Gasteiger partial charge on any atom is -0.480 e. The van der Waals surface area contributed by atoms with Crippen molar-refractivity contribution in [2.45, 2.75) is 44.6 Å². The van der Waals surface area contributed by atoms with Crippen molar-refractivity contribution in [3.8, 4) is 0 Å². The maximum atomic E-state index is 11.2. The van der Waals surface area contributed by atoms with Crippen molar-refractivity contribution in [1.29, 1.82) is 0 Å². The van der Waals surface area contributed by atoms with Crippen LogP contribution in [0.4, 0.5) is 0 Å². The summed E-state index contributed by atoms with van der Waals surface area (Å²) in [5, 5.41) is 9.19. The number of hydrogen-bond acceptors (Lipinski definition) is 2. The molecule has 2 rings (SSSR count). The molecule has 0 radical (unpaired) electrons. The lowest BCUT2D eigenvalue weighted by Gasteiger charge is -2.27. The monoisotopic (exact) mass is 211 g/mol. The Bertz CT molecular complexity index is 232. The van der Waals surface area contributed by atoms with E-state index in [0.717, 1.165) is 25.3 Å². The second-order valence-electron chi connectivity index (χ2n) is 5.21. The summed E-state index contributed by atoms with van der Waals surface area (Å²) in [4.78, 5) is 13.2. The predicted octanol–water partition coefficient (Wildman–Crippen LogP) is 1.97. The highest BCUT2D eigenvalue weighted by molar-refractivity contribution is 5.74. The second kappa shape index (κ2) is 4.52. The fourth-order valence-corrected chi connectivity index (χ4v) is 2.88. The van der Waals surface area contributed by atoms with Gasteiger partial charge in [-0.1, -0.05) is 12.8 Å². The van der Waals surface area contributed by atoms with E-state index in [0.29, 0.717) is 5.92 Å². The molecular weight excluding hydrogens is 190 g/mol. The first-order valence-electron chi connectivity index (χ1n) is 6.11. The Labute approximate surface area is 91.5 Å². The predicted molar refractivity (Wildman–Crippen MR) is 58.7 cm³/mol. The average Bonchev–Trinajstić information content (AvgIpc) is 2.83. The molecule has 0 aromatic rings. The van der Waals surface area contributed by atoms with E-state index in [1.807, 2.05) is 7.05 Å². The number of carbonyl (C=O) groups is 1. The Morgan fingerprint density at radius 1 is 1.33 bits per heavy atom. The molecule has 0 amide bonds. The van der Waals surface area contributed by atoms with E-state index in [1.54, 1.807) is 0 Å². The summed E-state index contributed by atoms with van der Waals surface area (Å²) in [5.74, 6) is 0.544. The minimum atomic E-state index is -0.627. The van der Waals surface area contributed by atoms with Crippen molar-refractivity contribution in [2.75, 3.05) is 13.6 Å². The SMILES string of the molecule is CN(CC1CCCC1)C(C(=O)O)C1CC1. The van der Waals surface area contributed by atoms with Crippen LogP contribution in [0.5, 0.6) is 0 Å². The molecule has 1 N–H and O–H groups in total. The fraction of sp³-hybridized carbons (Fsp3) is 0.917. The molecule has 2 aliphatic rings. The van der Waals surface area contributed by atoms with Crippen LogP contribution in [0, 0.1) is 11.8 Å². The van der Waals surface area contributed by atoms with Crippen molar-refractivity contribution in [2.24, 2.45) is 11.8 Å². The number of nitrogens with zero attached hydrogens (tertiary/aromatic N) is 1. The van der Waals surface area contributed by atoms with Gasteiger partial charge in [0.15, 0.2) is 0 Å². The van der Waals surface area contributed by atoms with E-state index < -0.39 is 5.97 Å². The van der Waals surface area contributed by atoms with Gasteiger partial charge in [0.2, 0.25) is 0 Å². The number of aliphatic carboxylic acids is 1. The lowest BCUT2D eigenvalue weighted by atomic mass is 10.1. The van der Waals surface area contributed by atoms with Gasteiger partial charge in [-0.3, -0.25) is 9.69 Å². The van der Waals surface area contributed by atoms with Crippen LogP contribution >= 0.6 is 0 Å². The first kappa shape index (κ1) is 10.9. The van der Waals surface area contributed by atoms with Crippen LogP contribution in [0.2, 0.25) is 0 Å². The lowest BCUT2D eigenvalue weighted by Crippen LogP contribution is -2.42. The summed E-state index contributed by atoms with van der Waals surface area (Å²) in [7, 11) is 1.98. The number of carboxylic acids is 1. The molecule has 2 aliphatic carbocycles. The molecule has 2 saturated carbocycles. The van der Waals surface area contributed by atoms with Crippen LogP contribution in [0.25, 0.3) is 0 Å². The van der Waals surface area contributed by atoms with Gasteiger partial charge in [0.1, 0.15) is 6.04 Å². The quantitative estimate of drug-likeness (QED) is 0.756. The Morgan fingerprint density at radius 2 is 1.93 bits per heavy atom. The van der Waals surface area contributed by atoms with Crippen LogP contribution in [-0.2, 0) is 4.79 Å². The number of likely N-dealkylation sites (N-methyl/N-ethyl adjacent to an activating group) is 1. The summed E-state index contributed by atoms with van der Waals surface area (Å²) in [6, 6.07) is -0.217. The van der Waals surface area contributed by atoms with E-state index in [-0.39, 0.29) is 6.04 Å². The second-order valence-corrected chi connectivity index (χ2v) is 5.21.